The number of benzene rings is 1. The maximum atomic E-state index is 4.66. The minimum Gasteiger partial charge on any atom is -0.388 e. The van der Waals surface area contributed by atoms with Crippen molar-refractivity contribution >= 4 is 17.0 Å². The van der Waals surface area contributed by atoms with Crippen molar-refractivity contribution < 1.29 is 0 Å². The lowest BCUT2D eigenvalue weighted by Gasteiger charge is -2.01. The van der Waals surface area contributed by atoms with E-state index in [4.69, 9.17) is 0 Å². The number of aromatic nitrogens is 2. The largest absolute Gasteiger partial charge is 0.388 e. The van der Waals surface area contributed by atoms with Gasteiger partial charge in [-0.3, -0.25) is 0 Å². The lowest BCUT2D eigenvalue weighted by atomic mass is 10.2. The third-order valence-electron chi connectivity index (χ3n) is 2.78. The number of hydrogen-bond acceptors (Lipinski definition) is 3. The molecule has 4 heteroatoms. The molecule has 0 aliphatic rings. The van der Waals surface area contributed by atoms with Crippen molar-refractivity contribution in [2.45, 2.75) is 0 Å². The first-order valence-electron chi connectivity index (χ1n) is 5.74. The Morgan fingerprint density at radius 3 is 2.94 bits per heavy atom. The van der Waals surface area contributed by atoms with Gasteiger partial charge in [-0.15, -0.1) is 11.3 Å². The van der Waals surface area contributed by atoms with Crippen LogP contribution in [0.2, 0.25) is 0 Å². The van der Waals surface area contributed by atoms with Crippen LogP contribution in [0, 0.1) is 0 Å². The second-order valence-electron chi connectivity index (χ2n) is 3.95. The summed E-state index contributed by atoms with van der Waals surface area (Å²) in [6, 6.07) is 12.3. The number of aromatic amines is 1. The standard InChI is InChI=1S/C14H13N3S/c1-15-11-5-2-4-10(8-11)14-17-13(9-18-14)12-6-3-7-16-12/h2-9,15-16H,1H3. The third-order valence-corrected chi connectivity index (χ3v) is 3.67. The van der Waals surface area contributed by atoms with Gasteiger partial charge in [0.25, 0.3) is 0 Å². The average molecular weight is 255 g/mol. The van der Waals surface area contributed by atoms with Crippen LogP contribution in [-0.2, 0) is 0 Å². The monoisotopic (exact) mass is 255 g/mol. The number of nitrogens with zero attached hydrogens (tertiary/aromatic N) is 1. The van der Waals surface area contributed by atoms with Gasteiger partial charge in [-0.25, -0.2) is 4.98 Å². The molecular formula is C14H13N3S. The summed E-state index contributed by atoms with van der Waals surface area (Å²) in [4.78, 5) is 7.83. The predicted molar refractivity (Wildman–Crippen MR) is 76.9 cm³/mol. The van der Waals surface area contributed by atoms with Crippen molar-refractivity contribution in [3.63, 3.8) is 0 Å². The molecular weight excluding hydrogens is 242 g/mol. The van der Waals surface area contributed by atoms with E-state index >= 15 is 0 Å². The van der Waals surface area contributed by atoms with E-state index in [1.54, 1.807) is 11.3 Å². The average Bonchev–Trinajstić information content (AvgIpc) is 3.09. The van der Waals surface area contributed by atoms with Gasteiger partial charge in [0.2, 0.25) is 0 Å². The minimum absolute atomic E-state index is 0.995. The second-order valence-corrected chi connectivity index (χ2v) is 4.81. The summed E-state index contributed by atoms with van der Waals surface area (Å²) in [5.74, 6) is 0. The molecule has 1 aromatic carbocycles. The lowest BCUT2D eigenvalue weighted by molar-refractivity contribution is 1.33. The van der Waals surface area contributed by atoms with Crippen LogP contribution >= 0.6 is 11.3 Å². The molecule has 0 atom stereocenters. The number of rotatable bonds is 3. The summed E-state index contributed by atoms with van der Waals surface area (Å²) in [6.45, 7) is 0. The summed E-state index contributed by atoms with van der Waals surface area (Å²) in [7, 11) is 1.92. The smallest absolute Gasteiger partial charge is 0.124 e. The number of thiazole rings is 1. The molecule has 0 saturated carbocycles. The third kappa shape index (κ3) is 2.02. The van der Waals surface area contributed by atoms with E-state index in [2.05, 4.69) is 32.8 Å². The number of hydrogen-bond donors (Lipinski definition) is 2. The predicted octanol–water partition coefficient (Wildman–Crippen LogP) is 3.85. The Balaban J connectivity index is 1.97. The molecule has 90 valence electrons. The van der Waals surface area contributed by atoms with Crippen LogP contribution in [0.1, 0.15) is 0 Å². The molecule has 0 amide bonds. The number of anilines is 1. The Bertz CT molecular complexity index is 641. The summed E-state index contributed by atoms with van der Waals surface area (Å²) in [5.41, 5.74) is 4.30. The van der Waals surface area contributed by atoms with Gasteiger partial charge in [0.05, 0.1) is 11.4 Å². The molecule has 0 aliphatic heterocycles. The van der Waals surface area contributed by atoms with E-state index in [0.29, 0.717) is 0 Å². The molecule has 0 spiro atoms. The van der Waals surface area contributed by atoms with Crippen LogP contribution < -0.4 is 5.32 Å². The Hall–Kier alpha value is -2.07. The molecule has 3 aromatic rings. The first-order chi connectivity index (χ1) is 8.86. The van der Waals surface area contributed by atoms with E-state index in [1.165, 1.54) is 0 Å². The molecule has 0 fully saturated rings. The summed E-state index contributed by atoms with van der Waals surface area (Å²) in [5, 5.41) is 6.26. The fourth-order valence-electron chi connectivity index (χ4n) is 1.83. The fourth-order valence-corrected chi connectivity index (χ4v) is 2.64. The zero-order chi connectivity index (χ0) is 12.4. The van der Waals surface area contributed by atoms with Crippen molar-refractivity contribution in [2.24, 2.45) is 0 Å². The van der Waals surface area contributed by atoms with Gasteiger partial charge in [-0.2, -0.15) is 0 Å². The van der Waals surface area contributed by atoms with Crippen LogP contribution in [0.5, 0.6) is 0 Å². The highest BCUT2D eigenvalue weighted by Gasteiger charge is 2.07. The Morgan fingerprint density at radius 2 is 2.17 bits per heavy atom. The van der Waals surface area contributed by atoms with E-state index in [-0.39, 0.29) is 0 Å². The van der Waals surface area contributed by atoms with E-state index in [9.17, 15) is 0 Å². The zero-order valence-electron chi connectivity index (χ0n) is 9.97. The highest BCUT2D eigenvalue weighted by Crippen LogP contribution is 2.29. The zero-order valence-corrected chi connectivity index (χ0v) is 10.8. The van der Waals surface area contributed by atoms with Crippen molar-refractivity contribution in [3.8, 4) is 22.0 Å². The summed E-state index contributed by atoms with van der Waals surface area (Å²) < 4.78 is 0. The summed E-state index contributed by atoms with van der Waals surface area (Å²) >= 11 is 1.66. The SMILES string of the molecule is CNc1cccc(-c2nc(-c3ccc[nH]3)cs2)c1. The van der Waals surface area contributed by atoms with Gasteiger partial charge in [0.1, 0.15) is 5.01 Å². The molecule has 0 aliphatic carbocycles. The normalized spacial score (nSPS) is 10.5. The maximum absolute atomic E-state index is 4.66. The molecule has 2 N–H and O–H groups in total. The highest BCUT2D eigenvalue weighted by atomic mass is 32.1. The van der Waals surface area contributed by atoms with Gasteiger partial charge >= 0.3 is 0 Å². The first-order valence-corrected chi connectivity index (χ1v) is 6.62. The fraction of sp³-hybridized carbons (Fsp3) is 0.0714. The molecule has 3 nitrogen and oxygen atoms in total. The van der Waals surface area contributed by atoms with Crippen LogP contribution in [0.3, 0.4) is 0 Å². The molecule has 0 radical (unpaired) electrons. The van der Waals surface area contributed by atoms with E-state index in [0.717, 1.165) is 27.6 Å². The highest BCUT2D eigenvalue weighted by molar-refractivity contribution is 7.13. The van der Waals surface area contributed by atoms with Gasteiger partial charge in [-0.1, -0.05) is 12.1 Å². The Labute approximate surface area is 110 Å². The van der Waals surface area contributed by atoms with E-state index in [1.807, 2.05) is 37.5 Å². The number of nitrogens with one attached hydrogen (secondary N) is 2. The Morgan fingerprint density at radius 1 is 1.22 bits per heavy atom. The second kappa shape index (κ2) is 4.66. The maximum Gasteiger partial charge on any atom is 0.124 e. The molecule has 2 aromatic heterocycles. The Kier molecular flexibility index (Phi) is 2.86. The number of H-pyrrole nitrogens is 1. The molecule has 2 heterocycles. The molecule has 3 rings (SSSR count). The molecule has 0 saturated heterocycles. The van der Waals surface area contributed by atoms with Crippen molar-refractivity contribution in [2.75, 3.05) is 12.4 Å². The minimum atomic E-state index is 0.995. The van der Waals surface area contributed by atoms with Crippen LogP contribution in [0.4, 0.5) is 5.69 Å². The molecule has 0 unspecified atom stereocenters. The van der Waals surface area contributed by atoms with Crippen molar-refractivity contribution in [1.82, 2.24) is 9.97 Å². The topological polar surface area (TPSA) is 40.7 Å². The van der Waals surface area contributed by atoms with Crippen LogP contribution in [0.25, 0.3) is 22.0 Å². The first kappa shape index (κ1) is 11.0. The van der Waals surface area contributed by atoms with Gasteiger partial charge < -0.3 is 10.3 Å². The van der Waals surface area contributed by atoms with Gasteiger partial charge in [0.15, 0.2) is 0 Å². The van der Waals surface area contributed by atoms with E-state index < -0.39 is 0 Å². The van der Waals surface area contributed by atoms with Gasteiger partial charge in [0, 0.05) is 29.9 Å². The van der Waals surface area contributed by atoms with Crippen LogP contribution in [-0.4, -0.2) is 17.0 Å². The molecule has 18 heavy (non-hydrogen) atoms. The quantitative estimate of drug-likeness (QED) is 0.746. The van der Waals surface area contributed by atoms with Crippen molar-refractivity contribution in [3.05, 3.63) is 48.0 Å². The van der Waals surface area contributed by atoms with Crippen LogP contribution in [0.15, 0.2) is 48.0 Å². The lowest BCUT2D eigenvalue weighted by Crippen LogP contribution is -1.87. The van der Waals surface area contributed by atoms with Crippen molar-refractivity contribution in [1.29, 1.82) is 0 Å². The van der Waals surface area contributed by atoms with Gasteiger partial charge in [-0.05, 0) is 24.3 Å². The summed E-state index contributed by atoms with van der Waals surface area (Å²) in [6.07, 6.45) is 1.91. The molecule has 0 bridgehead atoms.